The van der Waals surface area contributed by atoms with E-state index in [1.165, 1.54) is 11.8 Å². The molecular formula is C20H21BrFNO2. The summed E-state index contributed by atoms with van der Waals surface area (Å²) in [5.74, 6) is -0.625. The zero-order valence-electron chi connectivity index (χ0n) is 14.6. The molecule has 0 saturated heterocycles. The van der Waals surface area contributed by atoms with Crippen LogP contribution in [0, 0.1) is 12.7 Å². The van der Waals surface area contributed by atoms with Crippen LogP contribution in [0.4, 0.5) is 4.39 Å². The summed E-state index contributed by atoms with van der Waals surface area (Å²) in [7, 11) is 1.58. The van der Waals surface area contributed by atoms with Gasteiger partial charge in [-0.3, -0.25) is 4.79 Å². The van der Waals surface area contributed by atoms with Gasteiger partial charge in [0.05, 0.1) is 4.47 Å². The van der Waals surface area contributed by atoms with Gasteiger partial charge >= 0.3 is 0 Å². The third-order valence-electron chi connectivity index (χ3n) is 3.86. The van der Waals surface area contributed by atoms with Gasteiger partial charge < -0.3 is 9.69 Å². The number of amides is 1. The van der Waals surface area contributed by atoms with Crippen molar-refractivity contribution < 1.29 is 14.0 Å². The molecule has 0 aromatic heterocycles. The molecule has 0 aliphatic carbocycles. The monoisotopic (exact) mass is 405 g/mol. The van der Waals surface area contributed by atoms with Crippen molar-refractivity contribution in [1.29, 1.82) is 0 Å². The highest BCUT2D eigenvalue weighted by Crippen LogP contribution is 2.35. The van der Waals surface area contributed by atoms with Crippen LogP contribution in [0.3, 0.4) is 0 Å². The number of allylic oxidation sites excluding steroid dienone is 6. The summed E-state index contributed by atoms with van der Waals surface area (Å²) in [5, 5.41) is 0. The molecule has 0 fully saturated rings. The Bertz CT molecular complexity index is 778. The van der Waals surface area contributed by atoms with Crippen molar-refractivity contribution in [2.75, 3.05) is 7.05 Å². The molecule has 1 rings (SSSR count). The Morgan fingerprint density at radius 3 is 2.48 bits per heavy atom. The quantitative estimate of drug-likeness (QED) is 0.474. The second-order valence-corrected chi connectivity index (χ2v) is 6.22. The van der Waals surface area contributed by atoms with Gasteiger partial charge in [-0.25, -0.2) is 4.39 Å². The van der Waals surface area contributed by atoms with Gasteiger partial charge in [0.1, 0.15) is 12.1 Å². The molecule has 0 aliphatic rings. The van der Waals surface area contributed by atoms with Gasteiger partial charge in [-0.05, 0) is 45.6 Å². The van der Waals surface area contributed by atoms with Gasteiger partial charge in [0, 0.05) is 31.7 Å². The van der Waals surface area contributed by atoms with E-state index >= 15 is 0 Å². The normalized spacial score (nSPS) is 12.3. The summed E-state index contributed by atoms with van der Waals surface area (Å²) >= 11 is 3.17. The molecule has 1 amide bonds. The Morgan fingerprint density at radius 2 is 2.00 bits per heavy atom. The van der Waals surface area contributed by atoms with E-state index in [9.17, 15) is 14.0 Å². The van der Waals surface area contributed by atoms with Crippen molar-refractivity contribution in [2.45, 2.75) is 20.3 Å². The van der Waals surface area contributed by atoms with Crippen molar-refractivity contribution in [2.24, 2.45) is 0 Å². The van der Waals surface area contributed by atoms with Gasteiger partial charge in [-0.1, -0.05) is 37.5 Å². The molecule has 0 unspecified atom stereocenters. The highest BCUT2D eigenvalue weighted by Gasteiger charge is 2.21. The fourth-order valence-electron chi connectivity index (χ4n) is 2.46. The first-order valence-electron chi connectivity index (χ1n) is 7.61. The maximum Gasteiger partial charge on any atom is 0.223 e. The van der Waals surface area contributed by atoms with Crippen molar-refractivity contribution in [1.82, 2.24) is 4.90 Å². The standard InChI is InChI=1S/C20H21BrFNO2/c1-6-8-15(7-2)19(18(11-12-24)23(5)14(4)25)16-9-10-17(21)20(22)13(16)3/h6-10,12H,1-2,11H2,3-5H3/b15-8+,19-18+. The van der Waals surface area contributed by atoms with Gasteiger partial charge in [0.2, 0.25) is 5.91 Å². The molecular weight excluding hydrogens is 385 g/mol. The summed E-state index contributed by atoms with van der Waals surface area (Å²) in [4.78, 5) is 24.5. The fourth-order valence-corrected chi connectivity index (χ4v) is 2.89. The Balaban J connectivity index is 3.95. The molecule has 0 spiro atoms. The van der Waals surface area contributed by atoms with Crippen LogP contribution in [-0.4, -0.2) is 24.1 Å². The van der Waals surface area contributed by atoms with Crippen LogP contribution in [0.5, 0.6) is 0 Å². The first-order valence-corrected chi connectivity index (χ1v) is 8.40. The van der Waals surface area contributed by atoms with Gasteiger partial charge in [-0.15, -0.1) is 0 Å². The zero-order valence-corrected chi connectivity index (χ0v) is 16.2. The van der Waals surface area contributed by atoms with Crippen molar-refractivity contribution in [3.8, 4) is 0 Å². The van der Waals surface area contributed by atoms with Crippen molar-refractivity contribution in [3.63, 3.8) is 0 Å². The van der Waals surface area contributed by atoms with Gasteiger partial charge in [0.25, 0.3) is 0 Å². The van der Waals surface area contributed by atoms with E-state index in [-0.39, 0.29) is 12.3 Å². The van der Waals surface area contributed by atoms with Crippen LogP contribution in [0.25, 0.3) is 5.57 Å². The van der Waals surface area contributed by atoms with E-state index in [0.29, 0.717) is 38.7 Å². The van der Waals surface area contributed by atoms with Crippen LogP contribution in [0.2, 0.25) is 0 Å². The maximum absolute atomic E-state index is 14.4. The van der Waals surface area contributed by atoms with E-state index in [2.05, 4.69) is 29.1 Å². The van der Waals surface area contributed by atoms with Crippen LogP contribution in [0.15, 0.2) is 59.3 Å². The minimum absolute atomic E-state index is 0.00482. The number of rotatable bonds is 7. The number of benzene rings is 1. The topological polar surface area (TPSA) is 37.4 Å². The van der Waals surface area contributed by atoms with E-state index in [0.717, 1.165) is 0 Å². The SMILES string of the molecule is C=C/C=C(C=C)/C(=C(/CC=O)N(C)C(C)=O)c1ccc(Br)c(F)c1C. The third kappa shape index (κ3) is 4.63. The first-order chi connectivity index (χ1) is 11.8. The molecule has 0 atom stereocenters. The number of carbonyl (C=O) groups excluding carboxylic acids is 2. The third-order valence-corrected chi connectivity index (χ3v) is 4.47. The van der Waals surface area contributed by atoms with E-state index < -0.39 is 5.82 Å². The lowest BCUT2D eigenvalue weighted by Gasteiger charge is -2.24. The lowest BCUT2D eigenvalue weighted by molar-refractivity contribution is -0.125. The lowest BCUT2D eigenvalue weighted by atomic mass is 9.90. The number of nitrogens with zero attached hydrogens (tertiary/aromatic N) is 1. The Hall–Kier alpha value is -2.27. The Labute approximate surface area is 156 Å². The van der Waals surface area contributed by atoms with Crippen LogP contribution in [-0.2, 0) is 9.59 Å². The number of halogens is 2. The maximum atomic E-state index is 14.4. The predicted octanol–water partition coefficient (Wildman–Crippen LogP) is 4.97. The molecule has 0 saturated carbocycles. The predicted molar refractivity (Wildman–Crippen MR) is 103 cm³/mol. The van der Waals surface area contributed by atoms with Crippen LogP contribution in [0.1, 0.15) is 24.5 Å². The van der Waals surface area contributed by atoms with E-state index in [1.807, 2.05) is 0 Å². The van der Waals surface area contributed by atoms with E-state index in [4.69, 9.17) is 0 Å². The molecule has 0 N–H and O–H groups in total. The molecule has 5 heteroatoms. The smallest absolute Gasteiger partial charge is 0.223 e. The molecule has 0 bridgehead atoms. The van der Waals surface area contributed by atoms with Gasteiger partial charge in [0.15, 0.2) is 0 Å². The van der Waals surface area contributed by atoms with Crippen molar-refractivity contribution in [3.05, 3.63) is 76.2 Å². The van der Waals surface area contributed by atoms with Crippen molar-refractivity contribution >= 4 is 33.7 Å². The highest BCUT2D eigenvalue weighted by molar-refractivity contribution is 9.10. The molecule has 0 heterocycles. The zero-order chi connectivity index (χ0) is 19.1. The summed E-state index contributed by atoms with van der Waals surface area (Å²) in [5.41, 5.74) is 2.67. The molecule has 3 nitrogen and oxygen atoms in total. The number of aldehydes is 1. The number of carbonyl (C=O) groups is 2. The molecule has 1 aromatic carbocycles. The van der Waals surface area contributed by atoms with Gasteiger partial charge in [-0.2, -0.15) is 0 Å². The van der Waals surface area contributed by atoms with E-state index in [1.54, 1.807) is 44.3 Å². The van der Waals surface area contributed by atoms with Crippen LogP contribution >= 0.6 is 15.9 Å². The Morgan fingerprint density at radius 1 is 1.36 bits per heavy atom. The second kappa shape index (κ2) is 9.28. The summed E-state index contributed by atoms with van der Waals surface area (Å²) in [6, 6.07) is 3.34. The largest absolute Gasteiger partial charge is 0.318 e. The molecule has 1 aromatic rings. The second-order valence-electron chi connectivity index (χ2n) is 5.37. The Kier molecular flexibility index (Phi) is 7.71. The summed E-state index contributed by atoms with van der Waals surface area (Å²) in [6.45, 7) is 10.5. The molecule has 132 valence electrons. The summed E-state index contributed by atoms with van der Waals surface area (Å²) in [6.07, 6.45) is 5.60. The average molecular weight is 406 g/mol. The number of hydrogen-bond acceptors (Lipinski definition) is 2. The first kappa shape index (κ1) is 20.8. The van der Waals surface area contributed by atoms with Crippen LogP contribution < -0.4 is 0 Å². The summed E-state index contributed by atoms with van der Waals surface area (Å²) < 4.78 is 14.8. The lowest BCUT2D eigenvalue weighted by Crippen LogP contribution is -2.25. The minimum atomic E-state index is -0.395. The molecule has 0 radical (unpaired) electrons. The average Bonchev–Trinajstić information content (AvgIpc) is 2.58. The molecule has 0 aliphatic heterocycles. The molecule has 25 heavy (non-hydrogen) atoms. The highest BCUT2D eigenvalue weighted by atomic mass is 79.9. The minimum Gasteiger partial charge on any atom is -0.318 e. The fraction of sp³-hybridized carbons (Fsp3) is 0.200. The number of hydrogen-bond donors (Lipinski definition) is 0.